The number of methoxy groups -OCH3 is 1. The van der Waals surface area contributed by atoms with Gasteiger partial charge in [-0.1, -0.05) is 25.3 Å². The first-order valence-corrected chi connectivity index (χ1v) is 7.31. The van der Waals surface area contributed by atoms with Crippen LogP contribution in [0.5, 0.6) is 5.75 Å². The van der Waals surface area contributed by atoms with Crippen LogP contribution in [0.3, 0.4) is 0 Å². The molecule has 1 saturated carbocycles. The van der Waals surface area contributed by atoms with Gasteiger partial charge in [-0.05, 0) is 37.0 Å². The zero-order chi connectivity index (χ0) is 14.4. The van der Waals surface area contributed by atoms with Crippen molar-refractivity contribution in [2.45, 2.75) is 38.2 Å². The minimum absolute atomic E-state index is 0.168. The molecule has 0 bridgehead atoms. The van der Waals surface area contributed by atoms with Gasteiger partial charge >= 0.3 is 0 Å². The van der Waals surface area contributed by atoms with E-state index in [2.05, 4.69) is 5.32 Å². The smallest absolute Gasteiger partial charge is 0.251 e. The number of carbonyl (C=O) groups excluding carboxylic acids is 1. The molecule has 0 heterocycles. The lowest BCUT2D eigenvalue weighted by molar-refractivity contribution is 0.0738. The zero-order valence-corrected chi connectivity index (χ0v) is 12.0. The Balaban J connectivity index is 1.84. The Morgan fingerprint density at radius 2 is 2.15 bits per heavy atom. The second-order valence-electron chi connectivity index (χ2n) is 5.41. The number of benzene rings is 1. The number of hydrogen-bond donors (Lipinski definition) is 2. The van der Waals surface area contributed by atoms with Gasteiger partial charge in [-0.3, -0.25) is 4.79 Å². The van der Waals surface area contributed by atoms with E-state index in [0.717, 1.165) is 12.8 Å². The van der Waals surface area contributed by atoms with Gasteiger partial charge in [0.1, 0.15) is 5.75 Å². The average molecular weight is 277 g/mol. The Labute approximate surface area is 120 Å². The van der Waals surface area contributed by atoms with E-state index in [-0.39, 0.29) is 5.91 Å². The predicted molar refractivity (Wildman–Crippen MR) is 77.9 cm³/mol. The van der Waals surface area contributed by atoms with Crippen molar-refractivity contribution in [3.8, 4) is 5.75 Å². The molecular weight excluding hydrogens is 254 g/mol. The Bertz CT molecular complexity index is 441. The third-order valence-electron chi connectivity index (χ3n) is 4.00. The van der Waals surface area contributed by atoms with Gasteiger partial charge in [0.25, 0.3) is 5.91 Å². The van der Waals surface area contributed by atoms with Crippen LogP contribution >= 0.6 is 0 Å². The molecule has 1 aliphatic carbocycles. The first-order chi connectivity index (χ1) is 9.70. The normalized spacial score (nSPS) is 17.5. The molecule has 0 spiro atoms. The maximum atomic E-state index is 12.0. The SMILES string of the molecule is COc1cccc(C(=O)NC[C@H](O)C2CCCCC2)c1. The summed E-state index contributed by atoms with van der Waals surface area (Å²) in [4.78, 5) is 12.0. The van der Waals surface area contributed by atoms with E-state index in [1.807, 2.05) is 0 Å². The van der Waals surface area contributed by atoms with E-state index < -0.39 is 6.10 Å². The minimum Gasteiger partial charge on any atom is -0.497 e. The molecule has 20 heavy (non-hydrogen) atoms. The molecular formula is C16H23NO3. The molecule has 1 aromatic rings. The Hall–Kier alpha value is -1.55. The summed E-state index contributed by atoms with van der Waals surface area (Å²) in [7, 11) is 1.57. The molecule has 110 valence electrons. The number of hydrogen-bond acceptors (Lipinski definition) is 3. The number of amides is 1. The number of rotatable bonds is 5. The fourth-order valence-corrected chi connectivity index (χ4v) is 2.75. The molecule has 0 aromatic heterocycles. The van der Waals surface area contributed by atoms with Crippen LogP contribution in [0.25, 0.3) is 0 Å². The standard InChI is InChI=1S/C16H23NO3/c1-20-14-9-5-8-13(10-14)16(19)17-11-15(18)12-6-3-2-4-7-12/h5,8-10,12,15,18H,2-4,6-7,11H2,1H3,(H,17,19)/t15-/m0/s1. The van der Waals surface area contributed by atoms with E-state index in [9.17, 15) is 9.90 Å². The quantitative estimate of drug-likeness (QED) is 0.868. The van der Waals surface area contributed by atoms with E-state index >= 15 is 0 Å². The molecule has 0 saturated heterocycles. The molecule has 0 aliphatic heterocycles. The van der Waals surface area contributed by atoms with Gasteiger partial charge in [0.2, 0.25) is 0 Å². The number of ether oxygens (including phenoxy) is 1. The lowest BCUT2D eigenvalue weighted by atomic mass is 9.85. The molecule has 4 heteroatoms. The molecule has 1 aromatic carbocycles. The van der Waals surface area contributed by atoms with Gasteiger partial charge < -0.3 is 15.2 Å². The van der Waals surface area contributed by atoms with Crippen LogP contribution in [0.1, 0.15) is 42.5 Å². The summed E-state index contributed by atoms with van der Waals surface area (Å²) < 4.78 is 5.10. The molecule has 2 N–H and O–H groups in total. The lowest BCUT2D eigenvalue weighted by Gasteiger charge is -2.26. The predicted octanol–water partition coefficient (Wildman–Crippen LogP) is 2.37. The number of aliphatic hydroxyl groups excluding tert-OH is 1. The van der Waals surface area contributed by atoms with Crippen LogP contribution in [-0.4, -0.2) is 30.8 Å². The molecule has 1 fully saturated rings. The van der Waals surface area contributed by atoms with E-state index in [0.29, 0.717) is 23.8 Å². The highest BCUT2D eigenvalue weighted by molar-refractivity contribution is 5.94. The topological polar surface area (TPSA) is 58.6 Å². The lowest BCUT2D eigenvalue weighted by Crippen LogP contribution is -2.37. The van der Waals surface area contributed by atoms with Gasteiger partial charge in [-0.25, -0.2) is 0 Å². The van der Waals surface area contributed by atoms with Crippen LogP contribution < -0.4 is 10.1 Å². The van der Waals surface area contributed by atoms with Crippen molar-refractivity contribution in [3.05, 3.63) is 29.8 Å². The van der Waals surface area contributed by atoms with Crippen LogP contribution in [0, 0.1) is 5.92 Å². The molecule has 1 amide bonds. The molecule has 1 aliphatic rings. The molecule has 1 atom stereocenters. The fourth-order valence-electron chi connectivity index (χ4n) is 2.75. The summed E-state index contributed by atoms with van der Waals surface area (Å²) in [6, 6.07) is 7.02. The highest BCUT2D eigenvalue weighted by Gasteiger charge is 2.22. The van der Waals surface area contributed by atoms with Crippen LogP contribution in [-0.2, 0) is 0 Å². The third kappa shape index (κ3) is 3.97. The summed E-state index contributed by atoms with van der Waals surface area (Å²) in [6.07, 6.45) is 5.33. The van der Waals surface area contributed by atoms with Crippen molar-refractivity contribution >= 4 is 5.91 Å². The van der Waals surface area contributed by atoms with Crippen LogP contribution in [0.15, 0.2) is 24.3 Å². The van der Waals surface area contributed by atoms with Crippen molar-refractivity contribution in [2.75, 3.05) is 13.7 Å². The molecule has 4 nitrogen and oxygen atoms in total. The summed E-state index contributed by atoms with van der Waals surface area (Å²) in [5.74, 6) is 0.818. The first kappa shape index (κ1) is 14.9. The zero-order valence-electron chi connectivity index (χ0n) is 12.0. The molecule has 0 unspecified atom stereocenters. The average Bonchev–Trinajstić information content (AvgIpc) is 2.53. The Morgan fingerprint density at radius 3 is 2.85 bits per heavy atom. The number of carbonyl (C=O) groups is 1. The Morgan fingerprint density at radius 1 is 1.40 bits per heavy atom. The van der Waals surface area contributed by atoms with Crippen molar-refractivity contribution < 1.29 is 14.6 Å². The second kappa shape index (κ2) is 7.29. The highest BCUT2D eigenvalue weighted by Crippen LogP contribution is 2.26. The van der Waals surface area contributed by atoms with Gasteiger partial charge in [0.05, 0.1) is 13.2 Å². The highest BCUT2D eigenvalue weighted by atomic mass is 16.5. The van der Waals surface area contributed by atoms with Gasteiger partial charge in [0.15, 0.2) is 0 Å². The largest absolute Gasteiger partial charge is 0.497 e. The van der Waals surface area contributed by atoms with Gasteiger partial charge in [-0.2, -0.15) is 0 Å². The summed E-state index contributed by atoms with van der Waals surface area (Å²) >= 11 is 0. The fraction of sp³-hybridized carbons (Fsp3) is 0.562. The van der Waals surface area contributed by atoms with Gasteiger partial charge in [-0.15, -0.1) is 0 Å². The molecule has 0 radical (unpaired) electrons. The van der Waals surface area contributed by atoms with Crippen molar-refractivity contribution in [1.82, 2.24) is 5.32 Å². The minimum atomic E-state index is -0.440. The third-order valence-corrected chi connectivity index (χ3v) is 4.00. The summed E-state index contributed by atoms with van der Waals surface area (Å²) in [5, 5.41) is 12.9. The summed E-state index contributed by atoms with van der Waals surface area (Å²) in [6.45, 7) is 0.320. The van der Waals surface area contributed by atoms with Crippen molar-refractivity contribution in [1.29, 1.82) is 0 Å². The molecule has 2 rings (SSSR count). The van der Waals surface area contributed by atoms with E-state index in [1.165, 1.54) is 19.3 Å². The van der Waals surface area contributed by atoms with Crippen LogP contribution in [0.4, 0.5) is 0 Å². The van der Waals surface area contributed by atoms with E-state index in [4.69, 9.17) is 4.74 Å². The monoisotopic (exact) mass is 277 g/mol. The maximum Gasteiger partial charge on any atom is 0.251 e. The van der Waals surface area contributed by atoms with Crippen molar-refractivity contribution in [3.63, 3.8) is 0 Å². The van der Waals surface area contributed by atoms with Crippen molar-refractivity contribution in [2.24, 2.45) is 5.92 Å². The number of aliphatic hydroxyl groups is 1. The number of nitrogens with one attached hydrogen (secondary N) is 1. The van der Waals surface area contributed by atoms with Gasteiger partial charge in [0, 0.05) is 12.1 Å². The second-order valence-corrected chi connectivity index (χ2v) is 5.41. The maximum absolute atomic E-state index is 12.0. The first-order valence-electron chi connectivity index (χ1n) is 7.31. The van der Waals surface area contributed by atoms with Crippen LogP contribution in [0.2, 0.25) is 0 Å². The summed E-state index contributed by atoms with van der Waals surface area (Å²) in [5.41, 5.74) is 0.556. The Kier molecular flexibility index (Phi) is 5.41. The van der Waals surface area contributed by atoms with E-state index in [1.54, 1.807) is 31.4 Å².